The number of hydrogen-bond acceptors (Lipinski definition) is 2. The predicted molar refractivity (Wildman–Crippen MR) is 59.5 cm³/mol. The van der Waals surface area contributed by atoms with Gasteiger partial charge in [-0.3, -0.25) is 0 Å². The quantitative estimate of drug-likeness (QED) is 0.800. The van der Waals surface area contributed by atoms with E-state index in [4.69, 9.17) is 11.0 Å². The van der Waals surface area contributed by atoms with Gasteiger partial charge < -0.3 is 5.73 Å². The van der Waals surface area contributed by atoms with Crippen LogP contribution in [-0.4, -0.2) is 0 Å². The van der Waals surface area contributed by atoms with E-state index in [9.17, 15) is 0 Å². The number of hydrogen-bond donors (Lipinski definition) is 1. The van der Waals surface area contributed by atoms with Crippen molar-refractivity contribution in [3.05, 3.63) is 31.3 Å². The van der Waals surface area contributed by atoms with E-state index in [1.165, 1.54) is 0 Å². The van der Waals surface area contributed by atoms with E-state index in [-0.39, 0.29) is 0 Å². The molecule has 0 bridgehead atoms. The Morgan fingerprint density at radius 3 is 2.75 bits per heavy atom. The fourth-order valence-corrected chi connectivity index (χ4v) is 2.58. The van der Waals surface area contributed by atoms with Crippen molar-refractivity contribution in [1.82, 2.24) is 0 Å². The number of rotatable bonds is 1. The highest BCUT2D eigenvalue weighted by atomic mass is 127. The van der Waals surface area contributed by atoms with Gasteiger partial charge in [-0.05, 0) is 40.3 Å². The van der Waals surface area contributed by atoms with Gasteiger partial charge >= 0.3 is 0 Å². The first kappa shape index (κ1) is 9.96. The van der Waals surface area contributed by atoms with Crippen LogP contribution in [0.2, 0.25) is 0 Å². The maximum Gasteiger partial charge on any atom is 0.0995 e. The molecule has 0 amide bonds. The van der Waals surface area contributed by atoms with Gasteiger partial charge in [-0.25, -0.2) is 0 Å². The van der Waals surface area contributed by atoms with Crippen LogP contribution < -0.4 is 5.73 Å². The average Bonchev–Trinajstić information content (AvgIpc) is 2.03. The Kier molecular flexibility index (Phi) is 3.50. The standard InChI is InChI=1S/C8H6BrIN2/c9-8-2-6(10)1-5(3-11)7(8)4-12/h1-2H,4,12H2. The predicted octanol–water partition coefficient (Wildman–Crippen LogP) is 2.38. The number of nitriles is 1. The molecule has 62 valence electrons. The summed E-state index contributed by atoms with van der Waals surface area (Å²) in [6, 6.07) is 5.89. The summed E-state index contributed by atoms with van der Waals surface area (Å²) in [5, 5.41) is 8.77. The lowest BCUT2D eigenvalue weighted by Crippen LogP contribution is -2.01. The molecule has 2 N–H and O–H groups in total. The zero-order chi connectivity index (χ0) is 9.14. The van der Waals surface area contributed by atoms with Crippen molar-refractivity contribution in [3.8, 4) is 6.07 Å². The number of nitrogens with zero attached hydrogens (tertiary/aromatic N) is 1. The van der Waals surface area contributed by atoms with Crippen LogP contribution in [0.5, 0.6) is 0 Å². The fraction of sp³-hybridized carbons (Fsp3) is 0.125. The molecule has 4 heteroatoms. The first-order chi connectivity index (χ1) is 5.69. The molecule has 0 saturated carbocycles. The molecule has 0 heterocycles. The highest BCUT2D eigenvalue weighted by Crippen LogP contribution is 2.23. The van der Waals surface area contributed by atoms with Crippen molar-refractivity contribution in [3.63, 3.8) is 0 Å². The third-order valence-electron chi connectivity index (χ3n) is 1.48. The van der Waals surface area contributed by atoms with Gasteiger partial charge in [-0.2, -0.15) is 5.26 Å². The molecule has 0 aliphatic rings. The number of halogens is 2. The molecule has 12 heavy (non-hydrogen) atoms. The van der Waals surface area contributed by atoms with Crippen LogP contribution in [0.3, 0.4) is 0 Å². The lowest BCUT2D eigenvalue weighted by Gasteiger charge is -2.03. The molecule has 1 aromatic carbocycles. The van der Waals surface area contributed by atoms with Crippen LogP contribution >= 0.6 is 38.5 Å². The molecule has 0 aliphatic heterocycles. The Morgan fingerprint density at radius 1 is 1.58 bits per heavy atom. The first-order valence-electron chi connectivity index (χ1n) is 3.27. The second-order valence-corrected chi connectivity index (χ2v) is 4.33. The normalized spacial score (nSPS) is 9.50. The van der Waals surface area contributed by atoms with Gasteiger partial charge in [-0.1, -0.05) is 15.9 Å². The summed E-state index contributed by atoms with van der Waals surface area (Å²) in [4.78, 5) is 0. The van der Waals surface area contributed by atoms with Gasteiger partial charge in [0, 0.05) is 14.6 Å². The zero-order valence-corrected chi connectivity index (χ0v) is 9.89. The largest absolute Gasteiger partial charge is 0.326 e. The second-order valence-electron chi connectivity index (χ2n) is 2.23. The van der Waals surface area contributed by atoms with E-state index < -0.39 is 0 Å². The molecule has 0 aromatic heterocycles. The monoisotopic (exact) mass is 336 g/mol. The Balaban J connectivity index is 3.36. The van der Waals surface area contributed by atoms with E-state index >= 15 is 0 Å². The highest BCUT2D eigenvalue weighted by Gasteiger charge is 2.05. The summed E-state index contributed by atoms with van der Waals surface area (Å²) < 4.78 is 1.95. The Bertz CT molecular complexity index is 344. The Morgan fingerprint density at radius 2 is 2.25 bits per heavy atom. The minimum atomic E-state index is 0.389. The van der Waals surface area contributed by atoms with Gasteiger partial charge in [0.05, 0.1) is 11.6 Å². The average molecular weight is 337 g/mol. The minimum Gasteiger partial charge on any atom is -0.326 e. The molecular formula is C8H6BrIN2. The van der Waals surface area contributed by atoms with Gasteiger partial charge in [0.25, 0.3) is 0 Å². The van der Waals surface area contributed by atoms with Crippen LogP contribution in [0.1, 0.15) is 11.1 Å². The van der Waals surface area contributed by atoms with E-state index in [0.717, 1.165) is 13.6 Å². The van der Waals surface area contributed by atoms with Crippen LogP contribution in [0, 0.1) is 14.9 Å². The lowest BCUT2D eigenvalue weighted by molar-refractivity contribution is 1.05. The van der Waals surface area contributed by atoms with Gasteiger partial charge in [0.15, 0.2) is 0 Å². The topological polar surface area (TPSA) is 49.8 Å². The Labute approximate surface area is 93.0 Å². The molecule has 0 atom stereocenters. The first-order valence-corrected chi connectivity index (χ1v) is 5.14. The fourth-order valence-electron chi connectivity index (χ4n) is 0.911. The molecule has 1 rings (SSSR count). The molecular weight excluding hydrogens is 331 g/mol. The number of nitrogens with two attached hydrogens (primary N) is 1. The van der Waals surface area contributed by atoms with Crippen molar-refractivity contribution < 1.29 is 0 Å². The maximum atomic E-state index is 8.77. The van der Waals surface area contributed by atoms with E-state index in [0.29, 0.717) is 12.1 Å². The SMILES string of the molecule is N#Cc1cc(I)cc(Br)c1CN. The van der Waals surface area contributed by atoms with Crippen molar-refractivity contribution in [2.75, 3.05) is 0 Å². The summed E-state index contributed by atoms with van der Waals surface area (Å²) in [7, 11) is 0. The van der Waals surface area contributed by atoms with Crippen molar-refractivity contribution in [2.45, 2.75) is 6.54 Å². The lowest BCUT2D eigenvalue weighted by atomic mass is 10.1. The van der Waals surface area contributed by atoms with Gasteiger partial charge in [0.1, 0.15) is 0 Å². The van der Waals surface area contributed by atoms with E-state index in [1.807, 2.05) is 12.1 Å². The molecule has 0 spiro atoms. The van der Waals surface area contributed by atoms with Crippen molar-refractivity contribution >= 4 is 38.5 Å². The number of benzene rings is 1. The third-order valence-corrected chi connectivity index (χ3v) is 2.82. The summed E-state index contributed by atoms with van der Waals surface area (Å²) in [5.74, 6) is 0. The molecule has 0 fully saturated rings. The summed E-state index contributed by atoms with van der Waals surface area (Å²) in [5.41, 5.74) is 7.02. The molecule has 1 aromatic rings. The van der Waals surface area contributed by atoms with E-state index in [1.54, 1.807) is 0 Å². The summed E-state index contributed by atoms with van der Waals surface area (Å²) >= 11 is 5.53. The summed E-state index contributed by atoms with van der Waals surface area (Å²) in [6.45, 7) is 0.389. The molecule has 0 aliphatic carbocycles. The minimum absolute atomic E-state index is 0.389. The molecule has 0 unspecified atom stereocenters. The van der Waals surface area contributed by atoms with Crippen LogP contribution in [-0.2, 0) is 6.54 Å². The smallest absolute Gasteiger partial charge is 0.0995 e. The van der Waals surface area contributed by atoms with Crippen LogP contribution in [0.25, 0.3) is 0 Å². The van der Waals surface area contributed by atoms with Crippen molar-refractivity contribution in [2.24, 2.45) is 5.73 Å². The van der Waals surface area contributed by atoms with Gasteiger partial charge in [-0.15, -0.1) is 0 Å². The van der Waals surface area contributed by atoms with Crippen LogP contribution in [0.15, 0.2) is 16.6 Å². The van der Waals surface area contributed by atoms with Crippen molar-refractivity contribution in [1.29, 1.82) is 5.26 Å². The second kappa shape index (κ2) is 4.21. The third kappa shape index (κ3) is 1.97. The van der Waals surface area contributed by atoms with Gasteiger partial charge in [0.2, 0.25) is 0 Å². The Hall–Kier alpha value is -0.120. The zero-order valence-electron chi connectivity index (χ0n) is 6.14. The van der Waals surface area contributed by atoms with Crippen LogP contribution in [0.4, 0.5) is 0 Å². The summed E-state index contributed by atoms with van der Waals surface area (Å²) in [6.07, 6.45) is 0. The molecule has 2 nitrogen and oxygen atoms in total. The highest BCUT2D eigenvalue weighted by molar-refractivity contribution is 14.1. The molecule has 0 saturated heterocycles. The molecule has 0 radical (unpaired) electrons. The maximum absolute atomic E-state index is 8.77. The van der Waals surface area contributed by atoms with E-state index in [2.05, 4.69) is 44.6 Å².